The number of carbonyl (C=O) groups is 1. The molecule has 0 rings (SSSR count). The fourth-order valence-corrected chi connectivity index (χ4v) is 1.92. The fourth-order valence-electron chi connectivity index (χ4n) is 1.92. The number of carbonyl (C=O) groups excluding carboxylic acids is 1. The van der Waals surface area contributed by atoms with Gasteiger partial charge in [0.25, 0.3) is 0 Å². The Labute approximate surface area is 130 Å². The minimum absolute atomic E-state index is 0. The highest BCUT2D eigenvalue weighted by molar-refractivity contribution is 5.85. The van der Waals surface area contributed by atoms with Crippen LogP contribution in [0.3, 0.4) is 0 Å². The topological polar surface area (TPSA) is 55.6 Å². The number of nitrogens with zero attached hydrogens (tertiary/aromatic N) is 1. The molecule has 0 aromatic carbocycles. The van der Waals surface area contributed by atoms with Crippen molar-refractivity contribution in [2.24, 2.45) is 17.6 Å². The molecule has 20 heavy (non-hydrogen) atoms. The summed E-state index contributed by atoms with van der Waals surface area (Å²) < 4.78 is 5.33. The average molecular weight is 309 g/mol. The molecule has 0 saturated carbocycles. The van der Waals surface area contributed by atoms with E-state index in [9.17, 15) is 4.79 Å². The Balaban J connectivity index is 0. The Bertz CT molecular complexity index is 238. The van der Waals surface area contributed by atoms with Crippen LogP contribution in [0.4, 0.5) is 4.79 Å². The van der Waals surface area contributed by atoms with Crippen LogP contribution in [-0.4, -0.2) is 36.7 Å². The standard InChI is InChI=1S/C15H32N2O2.ClH/c1-6-7-8-14(16)11-19-15(18)17(9-12(2)3)10-13(4)5;/h12-14H,6-11,16H2,1-5H3;1H/t14-;/m1./s1. The van der Waals surface area contributed by atoms with Gasteiger partial charge in [0.15, 0.2) is 0 Å². The van der Waals surface area contributed by atoms with Gasteiger partial charge >= 0.3 is 6.09 Å². The minimum Gasteiger partial charge on any atom is -0.448 e. The number of amides is 1. The predicted molar refractivity (Wildman–Crippen MR) is 87.3 cm³/mol. The Morgan fingerprint density at radius 2 is 1.65 bits per heavy atom. The Hall–Kier alpha value is -0.480. The second kappa shape index (κ2) is 12.3. The molecule has 0 radical (unpaired) electrons. The van der Waals surface area contributed by atoms with E-state index >= 15 is 0 Å². The van der Waals surface area contributed by atoms with Crippen molar-refractivity contribution in [3.05, 3.63) is 0 Å². The van der Waals surface area contributed by atoms with Crippen LogP contribution < -0.4 is 5.73 Å². The molecule has 0 unspecified atom stereocenters. The Kier molecular flexibility index (Phi) is 13.4. The first-order valence-electron chi connectivity index (χ1n) is 7.54. The summed E-state index contributed by atoms with van der Waals surface area (Å²) in [5.41, 5.74) is 5.91. The van der Waals surface area contributed by atoms with Crippen molar-refractivity contribution in [2.75, 3.05) is 19.7 Å². The van der Waals surface area contributed by atoms with Crippen LogP contribution in [0.15, 0.2) is 0 Å². The first kappa shape index (κ1) is 21.8. The zero-order valence-corrected chi connectivity index (χ0v) is 14.5. The predicted octanol–water partition coefficient (Wildman–Crippen LogP) is 3.68. The monoisotopic (exact) mass is 308 g/mol. The quantitative estimate of drug-likeness (QED) is 0.707. The van der Waals surface area contributed by atoms with Crippen molar-refractivity contribution < 1.29 is 9.53 Å². The first-order chi connectivity index (χ1) is 8.86. The first-order valence-corrected chi connectivity index (χ1v) is 7.54. The van der Waals surface area contributed by atoms with Crippen LogP contribution in [0.1, 0.15) is 53.9 Å². The summed E-state index contributed by atoms with van der Waals surface area (Å²) in [6, 6.07) is -0.0381. The molecule has 0 aliphatic heterocycles. The summed E-state index contributed by atoms with van der Waals surface area (Å²) in [6.07, 6.45) is 2.89. The summed E-state index contributed by atoms with van der Waals surface area (Å²) in [5, 5.41) is 0. The van der Waals surface area contributed by atoms with Gasteiger partial charge < -0.3 is 15.4 Å². The fraction of sp³-hybridized carbons (Fsp3) is 0.933. The zero-order chi connectivity index (χ0) is 14.8. The Morgan fingerprint density at radius 3 is 2.05 bits per heavy atom. The third kappa shape index (κ3) is 11.4. The molecule has 122 valence electrons. The van der Waals surface area contributed by atoms with E-state index in [0.717, 1.165) is 32.4 Å². The number of unbranched alkanes of at least 4 members (excludes halogenated alkanes) is 1. The number of halogens is 1. The van der Waals surface area contributed by atoms with Crippen LogP contribution in [0.5, 0.6) is 0 Å². The van der Waals surface area contributed by atoms with E-state index in [1.54, 1.807) is 4.90 Å². The van der Waals surface area contributed by atoms with Gasteiger partial charge in [0.2, 0.25) is 0 Å². The molecule has 1 amide bonds. The molecular weight excluding hydrogens is 276 g/mol. The SMILES string of the molecule is CCCC[C@@H](N)COC(=O)N(CC(C)C)CC(C)C.Cl. The third-order valence-electron chi connectivity index (χ3n) is 2.78. The van der Waals surface area contributed by atoms with Crippen molar-refractivity contribution in [1.82, 2.24) is 4.90 Å². The van der Waals surface area contributed by atoms with E-state index in [4.69, 9.17) is 10.5 Å². The summed E-state index contributed by atoms with van der Waals surface area (Å²) in [7, 11) is 0. The summed E-state index contributed by atoms with van der Waals surface area (Å²) >= 11 is 0. The zero-order valence-electron chi connectivity index (χ0n) is 13.7. The summed E-state index contributed by atoms with van der Waals surface area (Å²) in [6.45, 7) is 12.3. The summed E-state index contributed by atoms with van der Waals surface area (Å²) in [4.78, 5) is 13.8. The van der Waals surface area contributed by atoms with Gasteiger partial charge in [0, 0.05) is 19.1 Å². The lowest BCUT2D eigenvalue weighted by Gasteiger charge is -2.26. The largest absolute Gasteiger partial charge is 0.448 e. The molecule has 0 saturated heterocycles. The molecule has 1 atom stereocenters. The van der Waals surface area contributed by atoms with Gasteiger partial charge in [-0.25, -0.2) is 4.79 Å². The molecule has 0 fully saturated rings. The molecule has 0 bridgehead atoms. The van der Waals surface area contributed by atoms with Crippen molar-refractivity contribution in [1.29, 1.82) is 0 Å². The molecule has 4 nitrogen and oxygen atoms in total. The molecule has 0 aromatic rings. The number of hydrogen-bond donors (Lipinski definition) is 1. The van der Waals surface area contributed by atoms with Crippen LogP contribution in [0.25, 0.3) is 0 Å². The normalized spacial score (nSPS) is 12.2. The number of nitrogens with two attached hydrogens (primary N) is 1. The van der Waals surface area contributed by atoms with Gasteiger partial charge in [-0.15, -0.1) is 12.4 Å². The van der Waals surface area contributed by atoms with Gasteiger partial charge in [0.05, 0.1) is 0 Å². The van der Waals surface area contributed by atoms with Crippen LogP contribution in [0.2, 0.25) is 0 Å². The molecule has 0 heterocycles. The molecular formula is C15H33ClN2O2. The van der Waals surface area contributed by atoms with Crippen molar-refractivity contribution in [3.63, 3.8) is 0 Å². The van der Waals surface area contributed by atoms with Gasteiger partial charge in [-0.05, 0) is 18.3 Å². The molecule has 0 aliphatic rings. The van der Waals surface area contributed by atoms with Gasteiger partial charge in [0.1, 0.15) is 6.61 Å². The highest BCUT2D eigenvalue weighted by atomic mass is 35.5. The maximum Gasteiger partial charge on any atom is 0.409 e. The maximum atomic E-state index is 12.0. The highest BCUT2D eigenvalue weighted by Crippen LogP contribution is 2.07. The third-order valence-corrected chi connectivity index (χ3v) is 2.78. The highest BCUT2D eigenvalue weighted by Gasteiger charge is 2.18. The van der Waals surface area contributed by atoms with E-state index in [1.165, 1.54) is 0 Å². The van der Waals surface area contributed by atoms with E-state index in [0.29, 0.717) is 18.4 Å². The minimum atomic E-state index is -0.227. The van der Waals surface area contributed by atoms with Gasteiger partial charge in [-0.3, -0.25) is 0 Å². The molecule has 0 aliphatic carbocycles. The van der Waals surface area contributed by atoms with Crippen LogP contribution in [-0.2, 0) is 4.74 Å². The van der Waals surface area contributed by atoms with Crippen LogP contribution in [0, 0.1) is 11.8 Å². The van der Waals surface area contributed by atoms with Gasteiger partial charge in [-0.2, -0.15) is 0 Å². The van der Waals surface area contributed by atoms with E-state index < -0.39 is 0 Å². The number of ether oxygens (including phenoxy) is 1. The van der Waals surface area contributed by atoms with E-state index in [2.05, 4.69) is 34.6 Å². The molecule has 5 heteroatoms. The van der Waals surface area contributed by atoms with Crippen LogP contribution >= 0.6 is 12.4 Å². The average Bonchev–Trinajstić information content (AvgIpc) is 2.31. The smallest absolute Gasteiger partial charge is 0.409 e. The van der Waals surface area contributed by atoms with E-state index in [1.807, 2.05) is 0 Å². The van der Waals surface area contributed by atoms with E-state index in [-0.39, 0.29) is 24.5 Å². The number of hydrogen-bond acceptors (Lipinski definition) is 3. The Morgan fingerprint density at radius 1 is 1.15 bits per heavy atom. The maximum absolute atomic E-state index is 12.0. The summed E-state index contributed by atoms with van der Waals surface area (Å²) in [5.74, 6) is 0.889. The molecule has 2 N–H and O–H groups in total. The lowest BCUT2D eigenvalue weighted by Crippen LogP contribution is -2.39. The molecule has 0 spiro atoms. The molecule has 0 aromatic heterocycles. The van der Waals surface area contributed by atoms with Crippen molar-refractivity contribution in [2.45, 2.75) is 59.9 Å². The lowest BCUT2D eigenvalue weighted by atomic mass is 10.1. The lowest BCUT2D eigenvalue weighted by molar-refractivity contribution is 0.0874. The van der Waals surface area contributed by atoms with Gasteiger partial charge in [-0.1, -0.05) is 47.5 Å². The number of rotatable bonds is 9. The van der Waals surface area contributed by atoms with Crippen molar-refractivity contribution >= 4 is 18.5 Å². The second-order valence-electron chi connectivity index (χ2n) is 6.17. The second-order valence-corrected chi connectivity index (χ2v) is 6.17. The van der Waals surface area contributed by atoms with Crippen molar-refractivity contribution in [3.8, 4) is 0 Å².